The summed E-state index contributed by atoms with van der Waals surface area (Å²) in [6.07, 6.45) is 2.54. The fourth-order valence-corrected chi connectivity index (χ4v) is 4.04. The van der Waals surface area contributed by atoms with Crippen molar-refractivity contribution in [2.45, 2.75) is 33.4 Å². The number of para-hydroxylation sites is 2. The molecule has 31 heavy (non-hydrogen) atoms. The normalized spacial score (nSPS) is 11.9. The molecule has 0 aliphatic carbocycles. The van der Waals surface area contributed by atoms with Crippen molar-refractivity contribution < 1.29 is 0 Å². The number of aromatic nitrogens is 5. The molecule has 0 aliphatic rings. The minimum atomic E-state index is -0.0851. The molecule has 3 aromatic heterocycles. The zero-order valence-corrected chi connectivity index (χ0v) is 18.2. The lowest BCUT2D eigenvalue weighted by atomic mass is 10.1. The first-order chi connectivity index (χ1) is 15.0. The first kappa shape index (κ1) is 19.7. The van der Waals surface area contributed by atoms with Gasteiger partial charge in [0.25, 0.3) is 5.56 Å². The number of nitrogens with zero attached hydrogens (tertiary/aromatic N) is 5. The van der Waals surface area contributed by atoms with Gasteiger partial charge in [-0.25, -0.2) is 15.0 Å². The average molecular weight is 432 g/mol. The molecule has 0 saturated heterocycles. The monoisotopic (exact) mass is 431 g/mol. The Labute approximate surface area is 184 Å². The molecule has 0 atom stereocenters. The summed E-state index contributed by atoms with van der Waals surface area (Å²) in [5, 5.41) is 1.17. The van der Waals surface area contributed by atoms with Gasteiger partial charge in [0, 0.05) is 11.6 Å². The summed E-state index contributed by atoms with van der Waals surface area (Å²) in [6.45, 7) is 5.36. The topological polar surface area (TPSA) is 65.6 Å². The van der Waals surface area contributed by atoms with Gasteiger partial charge in [-0.1, -0.05) is 55.8 Å². The molecule has 156 valence electrons. The van der Waals surface area contributed by atoms with Gasteiger partial charge in [-0.15, -0.1) is 0 Å². The third-order valence-corrected chi connectivity index (χ3v) is 5.92. The van der Waals surface area contributed by atoms with Crippen molar-refractivity contribution in [3.05, 3.63) is 75.8 Å². The molecule has 0 saturated carbocycles. The molecule has 0 unspecified atom stereocenters. The highest BCUT2D eigenvalue weighted by Gasteiger charge is 2.20. The van der Waals surface area contributed by atoms with E-state index in [2.05, 4.69) is 18.8 Å². The summed E-state index contributed by atoms with van der Waals surface area (Å²) in [5.41, 5.74) is 4.18. The van der Waals surface area contributed by atoms with Crippen LogP contribution < -0.4 is 5.56 Å². The Morgan fingerprint density at radius 1 is 0.968 bits per heavy atom. The van der Waals surface area contributed by atoms with Crippen LogP contribution in [0.2, 0.25) is 5.02 Å². The molecule has 6 nitrogen and oxygen atoms in total. The second kappa shape index (κ2) is 7.78. The van der Waals surface area contributed by atoms with Gasteiger partial charge in [0.05, 0.1) is 23.9 Å². The lowest BCUT2D eigenvalue weighted by Gasteiger charge is -2.09. The van der Waals surface area contributed by atoms with E-state index in [0.717, 1.165) is 23.0 Å². The summed E-state index contributed by atoms with van der Waals surface area (Å²) in [4.78, 5) is 27.8. The first-order valence-electron chi connectivity index (χ1n) is 10.4. The maximum Gasteiger partial charge on any atom is 0.265 e. The predicted octanol–water partition coefficient (Wildman–Crippen LogP) is 5.04. The van der Waals surface area contributed by atoms with Gasteiger partial charge < -0.3 is 4.57 Å². The summed E-state index contributed by atoms with van der Waals surface area (Å²) in [7, 11) is 0. The maximum absolute atomic E-state index is 13.4. The highest BCUT2D eigenvalue weighted by molar-refractivity contribution is 6.31. The molecule has 0 fully saturated rings. The van der Waals surface area contributed by atoms with E-state index >= 15 is 0 Å². The fourth-order valence-electron chi connectivity index (χ4n) is 3.84. The third-order valence-electron chi connectivity index (χ3n) is 5.55. The molecule has 0 spiro atoms. The molecule has 5 aromatic rings. The number of fused-ring (bicyclic) bond motifs is 4. The second-order valence-corrected chi connectivity index (χ2v) is 8.59. The van der Waals surface area contributed by atoms with Crippen LogP contribution in [0.25, 0.3) is 33.2 Å². The van der Waals surface area contributed by atoms with E-state index in [1.54, 1.807) is 10.9 Å². The molecule has 3 heterocycles. The third kappa shape index (κ3) is 3.47. The number of hydrogen-bond donors (Lipinski definition) is 0. The van der Waals surface area contributed by atoms with Gasteiger partial charge in [0.15, 0.2) is 11.3 Å². The Balaban J connectivity index is 1.81. The van der Waals surface area contributed by atoms with Crippen molar-refractivity contribution in [2.75, 3.05) is 0 Å². The molecule has 2 aromatic carbocycles. The number of aryl methyl sites for hydroxylation is 1. The van der Waals surface area contributed by atoms with Crippen LogP contribution >= 0.6 is 11.6 Å². The van der Waals surface area contributed by atoms with Crippen molar-refractivity contribution in [1.29, 1.82) is 0 Å². The van der Waals surface area contributed by atoms with Gasteiger partial charge in [-0.05, 0) is 36.1 Å². The van der Waals surface area contributed by atoms with E-state index in [1.165, 1.54) is 0 Å². The standard InChI is InChI=1S/C24H22ClN5O/c1-15(2)11-12-29-14-26-22-20(24(29)31)21-23(28-19-10-6-5-9-18(19)27-21)30(22)13-16-7-3-4-8-17(16)25/h3-10,14-15H,11-13H2,1-2H3. The van der Waals surface area contributed by atoms with Gasteiger partial charge >= 0.3 is 0 Å². The Kier molecular flexibility index (Phi) is 4.94. The van der Waals surface area contributed by atoms with Crippen LogP contribution in [-0.4, -0.2) is 24.1 Å². The number of benzene rings is 2. The maximum atomic E-state index is 13.4. The Bertz CT molecular complexity index is 1480. The smallest absolute Gasteiger partial charge is 0.265 e. The Morgan fingerprint density at radius 3 is 2.42 bits per heavy atom. The minimum Gasteiger partial charge on any atom is -0.304 e. The van der Waals surface area contributed by atoms with Gasteiger partial charge in [0.1, 0.15) is 10.9 Å². The molecule has 0 amide bonds. The SMILES string of the molecule is CC(C)CCn1cnc2c(c1=O)c1nc3ccccc3nc1n2Cc1ccccc1Cl. The van der Waals surface area contributed by atoms with Gasteiger partial charge in [-0.2, -0.15) is 0 Å². The van der Waals surface area contributed by atoms with Crippen molar-refractivity contribution in [1.82, 2.24) is 24.1 Å². The van der Waals surface area contributed by atoms with Crippen molar-refractivity contribution in [3.8, 4) is 0 Å². The average Bonchev–Trinajstić information content (AvgIpc) is 3.06. The summed E-state index contributed by atoms with van der Waals surface area (Å²) >= 11 is 6.43. The van der Waals surface area contributed by atoms with Crippen molar-refractivity contribution in [3.63, 3.8) is 0 Å². The van der Waals surface area contributed by atoms with Crippen LogP contribution in [0.5, 0.6) is 0 Å². The lowest BCUT2D eigenvalue weighted by Crippen LogP contribution is -2.21. The second-order valence-electron chi connectivity index (χ2n) is 8.19. The molecule has 7 heteroatoms. The first-order valence-corrected chi connectivity index (χ1v) is 10.8. The predicted molar refractivity (Wildman–Crippen MR) is 125 cm³/mol. The zero-order valence-electron chi connectivity index (χ0n) is 17.4. The molecule has 0 radical (unpaired) electrons. The fraction of sp³-hybridized carbons (Fsp3) is 0.250. The van der Waals surface area contributed by atoms with Crippen LogP contribution in [0.1, 0.15) is 25.8 Å². The van der Waals surface area contributed by atoms with Crippen LogP contribution in [0.3, 0.4) is 0 Å². The van der Waals surface area contributed by atoms with E-state index < -0.39 is 0 Å². The van der Waals surface area contributed by atoms with Crippen LogP contribution in [-0.2, 0) is 13.1 Å². The van der Waals surface area contributed by atoms with Crippen molar-refractivity contribution >= 4 is 44.8 Å². The lowest BCUT2D eigenvalue weighted by molar-refractivity contribution is 0.506. The Morgan fingerprint density at radius 2 is 1.68 bits per heavy atom. The highest BCUT2D eigenvalue weighted by Crippen LogP contribution is 2.27. The molecular weight excluding hydrogens is 410 g/mol. The Hall–Kier alpha value is -3.25. The van der Waals surface area contributed by atoms with Crippen molar-refractivity contribution in [2.24, 2.45) is 5.92 Å². The van der Waals surface area contributed by atoms with E-state index in [-0.39, 0.29) is 5.56 Å². The molecular formula is C24H22ClN5O. The van der Waals surface area contributed by atoms with Gasteiger partial charge in [0.2, 0.25) is 0 Å². The zero-order chi connectivity index (χ0) is 21.5. The highest BCUT2D eigenvalue weighted by atomic mass is 35.5. The molecule has 0 bridgehead atoms. The number of hydrogen-bond acceptors (Lipinski definition) is 4. The summed E-state index contributed by atoms with van der Waals surface area (Å²) < 4.78 is 3.62. The minimum absolute atomic E-state index is 0.0851. The van der Waals surface area contributed by atoms with Crippen LogP contribution in [0.4, 0.5) is 0 Å². The molecule has 5 rings (SSSR count). The molecule has 0 aliphatic heterocycles. The number of halogens is 1. The van der Waals surface area contributed by atoms with Gasteiger partial charge in [-0.3, -0.25) is 9.36 Å². The quantitative estimate of drug-likeness (QED) is 0.391. The van der Waals surface area contributed by atoms with Crippen LogP contribution in [0, 0.1) is 5.92 Å². The molecule has 0 N–H and O–H groups in total. The van der Waals surface area contributed by atoms with E-state index in [1.807, 2.05) is 53.1 Å². The number of rotatable bonds is 5. The van der Waals surface area contributed by atoms with Crippen LogP contribution in [0.15, 0.2) is 59.7 Å². The van der Waals surface area contributed by atoms with E-state index in [0.29, 0.717) is 46.2 Å². The summed E-state index contributed by atoms with van der Waals surface area (Å²) in [5.74, 6) is 0.493. The summed E-state index contributed by atoms with van der Waals surface area (Å²) in [6, 6.07) is 15.4. The largest absolute Gasteiger partial charge is 0.304 e. The van der Waals surface area contributed by atoms with E-state index in [4.69, 9.17) is 21.6 Å². The van der Waals surface area contributed by atoms with E-state index in [9.17, 15) is 4.79 Å².